The van der Waals surface area contributed by atoms with Gasteiger partial charge in [0.1, 0.15) is 11.5 Å². The molecule has 0 amide bonds. The Morgan fingerprint density at radius 3 is 2.67 bits per heavy atom. The molecule has 1 fully saturated rings. The Bertz CT molecular complexity index is 384. The first-order chi connectivity index (χ1) is 7.18. The van der Waals surface area contributed by atoms with Gasteiger partial charge in [-0.25, -0.2) is 0 Å². The summed E-state index contributed by atoms with van der Waals surface area (Å²) in [5.74, 6) is 1.17. The minimum Gasteiger partial charge on any atom is -0.496 e. The van der Waals surface area contributed by atoms with Crippen LogP contribution in [0.1, 0.15) is 31.7 Å². The Labute approximate surface area is 90.3 Å². The Hall–Kier alpha value is -1.31. The van der Waals surface area contributed by atoms with Gasteiger partial charge in [0.15, 0.2) is 0 Å². The van der Waals surface area contributed by atoms with E-state index in [-0.39, 0.29) is 5.41 Å². The highest BCUT2D eigenvalue weighted by atomic mass is 16.5. The highest BCUT2D eigenvalue weighted by Gasteiger charge is 2.40. The van der Waals surface area contributed by atoms with Crippen LogP contribution in [0.15, 0.2) is 24.3 Å². The van der Waals surface area contributed by atoms with Gasteiger partial charge in [0.05, 0.1) is 12.5 Å². The zero-order valence-corrected chi connectivity index (χ0v) is 9.25. The highest BCUT2D eigenvalue weighted by Crippen LogP contribution is 2.41. The predicted octanol–water partition coefficient (Wildman–Crippen LogP) is 2.71. The lowest BCUT2D eigenvalue weighted by Crippen LogP contribution is -2.27. The van der Waals surface area contributed by atoms with Crippen LogP contribution in [0.5, 0.6) is 5.75 Å². The minimum atomic E-state index is -0.327. The molecule has 2 nitrogen and oxygen atoms in total. The molecule has 0 N–H and O–H groups in total. The maximum absolute atomic E-state index is 11.9. The molecule has 0 bridgehead atoms. The van der Waals surface area contributed by atoms with E-state index in [0.29, 0.717) is 12.2 Å². The zero-order chi connectivity index (χ0) is 10.9. The molecule has 0 aromatic heterocycles. The van der Waals surface area contributed by atoms with Crippen LogP contribution >= 0.6 is 0 Å². The summed E-state index contributed by atoms with van der Waals surface area (Å²) in [7, 11) is 1.65. The summed E-state index contributed by atoms with van der Waals surface area (Å²) in [4.78, 5) is 11.9. The molecule has 1 unspecified atom stereocenters. The lowest BCUT2D eigenvalue weighted by molar-refractivity contribution is -0.121. The number of ketones is 1. The van der Waals surface area contributed by atoms with Gasteiger partial charge in [-0.15, -0.1) is 0 Å². The van der Waals surface area contributed by atoms with E-state index in [9.17, 15) is 4.79 Å². The van der Waals surface area contributed by atoms with Crippen molar-refractivity contribution in [1.29, 1.82) is 0 Å². The van der Waals surface area contributed by atoms with Gasteiger partial charge in [0.2, 0.25) is 0 Å². The molecule has 0 spiro atoms. The van der Waals surface area contributed by atoms with Gasteiger partial charge in [-0.2, -0.15) is 0 Å². The van der Waals surface area contributed by atoms with E-state index in [0.717, 1.165) is 24.2 Å². The van der Waals surface area contributed by atoms with Gasteiger partial charge in [0, 0.05) is 12.0 Å². The van der Waals surface area contributed by atoms with Crippen LogP contribution in [0.2, 0.25) is 0 Å². The number of rotatable bonds is 2. The lowest BCUT2D eigenvalue weighted by atomic mass is 9.79. The van der Waals surface area contributed by atoms with Crippen LogP contribution in [0.4, 0.5) is 0 Å². The largest absolute Gasteiger partial charge is 0.496 e. The van der Waals surface area contributed by atoms with E-state index in [1.807, 2.05) is 31.2 Å². The zero-order valence-electron chi connectivity index (χ0n) is 9.25. The van der Waals surface area contributed by atoms with Gasteiger partial charge in [-0.05, 0) is 25.8 Å². The van der Waals surface area contributed by atoms with Crippen LogP contribution in [0, 0.1) is 0 Å². The SMILES string of the molecule is COc1ccccc1C1(C)CCCC1=O. The van der Waals surface area contributed by atoms with E-state index in [2.05, 4.69) is 0 Å². The maximum atomic E-state index is 11.9. The summed E-state index contributed by atoms with van der Waals surface area (Å²) >= 11 is 0. The van der Waals surface area contributed by atoms with Crippen molar-refractivity contribution in [3.05, 3.63) is 29.8 Å². The number of methoxy groups -OCH3 is 1. The summed E-state index contributed by atoms with van der Waals surface area (Å²) in [5.41, 5.74) is 0.710. The molecule has 0 heterocycles. The molecule has 15 heavy (non-hydrogen) atoms. The fourth-order valence-corrected chi connectivity index (χ4v) is 2.40. The lowest BCUT2D eigenvalue weighted by Gasteiger charge is -2.24. The van der Waals surface area contributed by atoms with Crippen LogP contribution in [0.3, 0.4) is 0 Å². The molecular weight excluding hydrogens is 188 g/mol. The van der Waals surface area contributed by atoms with Crippen LogP contribution in [-0.2, 0) is 10.2 Å². The van der Waals surface area contributed by atoms with E-state index in [1.165, 1.54) is 0 Å². The van der Waals surface area contributed by atoms with E-state index in [1.54, 1.807) is 7.11 Å². The summed E-state index contributed by atoms with van der Waals surface area (Å²) in [6, 6.07) is 7.83. The van der Waals surface area contributed by atoms with Gasteiger partial charge >= 0.3 is 0 Å². The Balaban J connectivity index is 2.48. The minimum absolute atomic E-state index is 0.327. The van der Waals surface area contributed by atoms with Crippen LogP contribution in [-0.4, -0.2) is 12.9 Å². The van der Waals surface area contributed by atoms with Crippen molar-refractivity contribution in [3.8, 4) is 5.75 Å². The van der Waals surface area contributed by atoms with Crippen LogP contribution < -0.4 is 4.74 Å². The first kappa shape index (κ1) is 10.2. The number of ether oxygens (including phenoxy) is 1. The first-order valence-electron chi connectivity index (χ1n) is 5.35. The third-order valence-corrected chi connectivity index (χ3v) is 3.40. The monoisotopic (exact) mass is 204 g/mol. The number of hydrogen-bond acceptors (Lipinski definition) is 2. The van der Waals surface area contributed by atoms with Crippen molar-refractivity contribution in [2.45, 2.75) is 31.6 Å². The fraction of sp³-hybridized carbons (Fsp3) is 0.462. The molecule has 2 heteroatoms. The van der Waals surface area contributed by atoms with E-state index in [4.69, 9.17) is 4.74 Å². The third kappa shape index (κ3) is 1.54. The molecule has 1 aromatic carbocycles. The van der Waals surface area contributed by atoms with Crippen molar-refractivity contribution in [1.82, 2.24) is 0 Å². The van der Waals surface area contributed by atoms with Crippen molar-refractivity contribution in [2.24, 2.45) is 0 Å². The number of hydrogen-bond donors (Lipinski definition) is 0. The molecule has 1 atom stereocenters. The van der Waals surface area contributed by atoms with Gasteiger partial charge in [0.25, 0.3) is 0 Å². The molecule has 1 saturated carbocycles. The highest BCUT2D eigenvalue weighted by molar-refractivity contribution is 5.92. The smallest absolute Gasteiger partial charge is 0.143 e. The average Bonchev–Trinajstić information content (AvgIpc) is 2.60. The van der Waals surface area contributed by atoms with Crippen molar-refractivity contribution < 1.29 is 9.53 Å². The molecule has 0 aliphatic heterocycles. The second-order valence-electron chi connectivity index (χ2n) is 4.31. The van der Waals surface area contributed by atoms with Crippen molar-refractivity contribution in [3.63, 3.8) is 0 Å². The normalized spacial score (nSPS) is 25.6. The van der Waals surface area contributed by atoms with Gasteiger partial charge in [-0.1, -0.05) is 18.2 Å². The summed E-state index contributed by atoms with van der Waals surface area (Å²) in [6.07, 6.45) is 2.63. The molecule has 1 aliphatic carbocycles. The molecule has 0 radical (unpaired) electrons. The van der Waals surface area contributed by atoms with E-state index >= 15 is 0 Å². The topological polar surface area (TPSA) is 26.3 Å². The fourth-order valence-electron chi connectivity index (χ4n) is 2.40. The van der Waals surface area contributed by atoms with E-state index < -0.39 is 0 Å². The number of Topliss-reactive ketones (excluding diaryl/α,β-unsaturated/α-hetero) is 1. The van der Waals surface area contributed by atoms with Crippen molar-refractivity contribution in [2.75, 3.05) is 7.11 Å². The molecule has 1 aromatic rings. The average molecular weight is 204 g/mol. The van der Waals surface area contributed by atoms with Gasteiger partial charge < -0.3 is 4.74 Å². The number of carbonyl (C=O) groups is 1. The number of carbonyl (C=O) groups excluding carboxylic acids is 1. The Kier molecular flexibility index (Phi) is 2.51. The van der Waals surface area contributed by atoms with Gasteiger partial charge in [-0.3, -0.25) is 4.79 Å². The maximum Gasteiger partial charge on any atom is 0.143 e. The van der Waals surface area contributed by atoms with Crippen LogP contribution in [0.25, 0.3) is 0 Å². The van der Waals surface area contributed by atoms with Crippen molar-refractivity contribution >= 4 is 5.78 Å². The number of benzene rings is 1. The molecule has 1 aliphatic rings. The second-order valence-corrected chi connectivity index (χ2v) is 4.31. The third-order valence-electron chi connectivity index (χ3n) is 3.40. The molecule has 80 valence electrons. The molecule has 0 saturated heterocycles. The summed E-state index contributed by atoms with van der Waals surface area (Å²) in [6.45, 7) is 2.03. The first-order valence-corrected chi connectivity index (χ1v) is 5.35. The predicted molar refractivity (Wildman–Crippen MR) is 59.2 cm³/mol. The Morgan fingerprint density at radius 1 is 1.33 bits per heavy atom. The molecule has 2 rings (SSSR count). The summed E-state index contributed by atoms with van der Waals surface area (Å²) in [5, 5.41) is 0. The number of para-hydroxylation sites is 1. The second kappa shape index (κ2) is 3.69. The summed E-state index contributed by atoms with van der Waals surface area (Å²) < 4.78 is 5.32. The Morgan fingerprint density at radius 2 is 2.07 bits per heavy atom. The molecular formula is C13H16O2. The quantitative estimate of drug-likeness (QED) is 0.740. The standard InChI is InChI=1S/C13H16O2/c1-13(9-5-8-12(13)14)10-6-3-4-7-11(10)15-2/h3-4,6-7H,5,8-9H2,1-2H3.